The molecule has 0 aliphatic carbocycles. The number of rotatable bonds is 3. The first-order valence-electron chi connectivity index (χ1n) is 7.04. The SMILES string of the molecule is Cc1ccc(-n2cc(-c3ccccc3)nc2N(C)C)cc1. The second kappa shape index (κ2) is 5.44. The van der Waals surface area contributed by atoms with E-state index in [1.165, 1.54) is 5.56 Å². The Morgan fingerprint density at radius 1 is 0.905 bits per heavy atom. The first-order valence-corrected chi connectivity index (χ1v) is 7.04. The number of nitrogens with zero attached hydrogens (tertiary/aromatic N) is 3. The molecule has 106 valence electrons. The van der Waals surface area contributed by atoms with Crippen molar-refractivity contribution in [3.63, 3.8) is 0 Å². The Morgan fingerprint density at radius 3 is 2.19 bits per heavy atom. The molecule has 0 saturated carbocycles. The van der Waals surface area contributed by atoms with Crippen molar-refractivity contribution >= 4 is 5.95 Å². The summed E-state index contributed by atoms with van der Waals surface area (Å²) >= 11 is 0. The highest BCUT2D eigenvalue weighted by Crippen LogP contribution is 2.25. The third-order valence-electron chi connectivity index (χ3n) is 3.47. The topological polar surface area (TPSA) is 21.1 Å². The van der Waals surface area contributed by atoms with E-state index < -0.39 is 0 Å². The number of aromatic nitrogens is 2. The van der Waals surface area contributed by atoms with Crippen LogP contribution in [-0.2, 0) is 0 Å². The van der Waals surface area contributed by atoms with Gasteiger partial charge < -0.3 is 4.90 Å². The fourth-order valence-corrected chi connectivity index (χ4v) is 2.33. The van der Waals surface area contributed by atoms with E-state index in [1.54, 1.807) is 0 Å². The molecule has 0 N–H and O–H groups in total. The Labute approximate surface area is 125 Å². The number of anilines is 1. The maximum atomic E-state index is 4.77. The van der Waals surface area contributed by atoms with Crippen molar-refractivity contribution in [3.05, 3.63) is 66.4 Å². The highest BCUT2D eigenvalue weighted by atomic mass is 15.3. The lowest BCUT2D eigenvalue weighted by atomic mass is 10.2. The van der Waals surface area contributed by atoms with Crippen molar-refractivity contribution < 1.29 is 0 Å². The normalized spacial score (nSPS) is 10.6. The van der Waals surface area contributed by atoms with Gasteiger partial charge in [-0.2, -0.15) is 0 Å². The largest absolute Gasteiger partial charge is 0.348 e. The van der Waals surface area contributed by atoms with Gasteiger partial charge in [0, 0.05) is 31.5 Å². The summed E-state index contributed by atoms with van der Waals surface area (Å²) in [7, 11) is 4.03. The van der Waals surface area contributed by atoms with Crippen molar-refractivity contribution in [1.82, 2.24) is 9.55 Å². The molecule has 21 heavy (non-hydrogen) atoms. The average molecular weight is 277 g/mol. The molecule has 0 radical (unpaired) electrons. The minimum Gasteiger partial charge on any atom is -0.348 e. The summed E-state index contributed by atoms with van der Waals surface area (Å²) in [5.41, 5.74) is 4.50. The second-order valence-electron chi connectivity index (χ2n) is 5.39. The standard InChI is InChI=1S/C18H19N3/c1-14-9-11-16(12-10-14)21-13-17(19-18(21)20(2)3)15-7-5-4-6-8-15/h4-13H,1-3H3. The Hall–Kier alpha value is -2.55. The monoisotopic (exact) mass is 277 g/mol. The van der Waals surface area contributed by atoms with Crippen LogP contribution in [0.1, 0.15) is 5.56 Å². The summed E-state index contributed by atoms with van der Waals surface area (Å²) in [4.78, 5) is 6.80. The maximum absolute atomic E-state index is 4.77. The van der Waals surface area contributed by atoms with Gasteiger partial charge in [-0.3, -0.25) is 4.57 Å². The Kier molecular flexibility index (Phi) is 3.48. The van der Waals surface area contributed by atoms with E-state index in [-0.39, 0.29) is 0 Å². The Morgan fingerprint density at radius 2 is 1.57 bits per heavy atom. The summed E-state index contributed by atoms with van der Waals surface area (Å²) in [5, 5.41) is 0. The van der Waals surface area contributed by atoms with Crippen LogP contribution >= 0.6 is 0 Å². The molecule has 0 atom stereocenters. The van der Waals surface area contributed by atoms with E-state index in [0.29, 0.717) is 0 Å². The minimum absolute atomic E-state index is 0.928. The zero-order valence-electron chi connectivity index (χ0n) is 12.6. The molecule has 3 aromatic rings. The van der Waals surface area contributed by atoms with Crippen LogP contribution in [-0.4, -0.2) is 23.6 Å². The van der Waals surface area contributed by atoms with Gasteiger partial charge in [0.05, 0.1) is 5.69 Å². The lowest BCUT2D eigenvalue weighted by Crippen LogP contribution is -2.14. The smallest absolute Gasteiger partial charge is 0.210 e. The molecule has 0 spiro atoms. The summed E-state index contributed by atoms with van der Waals surface area (Å²) in [6.07, 6.45) is 2.09. The second-order valence-corrected chi connectivity index (χ2v) is 5.39. The zero-order chi connectivity index (χ0) is 14.8. The summed E-state index contributed by atoms with van der Waals surface area (Å²) in [5.74, 6) is 0.928. The van der Waals surface area contributed by atoms with Crippen LogP contribution in [0.25, 0.3) is 16.9 Å². The molecule has 0 aliphatic heterocycles. The number of hydrogen-bond acceptors (Lipinski definition) is 2. The highest BCUT2D eigenvalue weighted by Gasteiger charge is 2.12. The van der Waals surface area contributed by atoms with Crippen LogP contribution in [0.3, 0.4) is 0 Å². The van der Waals surface area contributed by atoms with Crippen molar-refractivity contribution in [2.45, 2.75) is 6.92 Å². The Bertz CT molecular complexity index is 725. The van der Waals surface area contributed by atoms with Gasteiger partial charge in [-0.25, -0.2) is 4.98 Å². The van der Waals surface area contributed by atoms with E-state index in [2.05, 4.69) is 54.1 Å². The van der Waals surface area contributed by atoms with Crippen molar-refractivity contribution in [2.24, 2.45) is 0 Å². The van der Waals surface area contributed by atoms with Crippen LogP contribution in [0, 0.1) is 6.92 Å². The molecule has 3 rings (SSSR count). The quantitative estimate of drug-likeness (QED) is 0.723. The van der Waals surface area contributed by atoms with E-state index in [9.17, 15) is 0 Å². The molecule has 3 nitrogen and oxygen atoms in total. The summed E-state index contributed by atoms with van der Waals surface area (Å²) < 4.78 is 2.13. The van der Waals surface area contributed by atoms with Gasteiger partial charge in [-0.1, -0.05) is 48.0 Å². The maximum Gasteiger partial charge on any atom is 0.210 e. The molecule has 1 aromatic heterocycles. The highest BCUT2D eigenvalue weighted by molar-refractivity contribution is 5.62. The van der Waals surface area contributed by atoms with E-state index in [1.807, 2.05) is 37.2 Å². The molecule has 1 heterocycles. The summed E-state index contributed by atoms with van der Waals surface area (Å²) in [6.45, 7) is 2.10. The fraction of sp³-hybridized carbons (Fsp3) is 0.167. The molecule has 0 saturated heterocycles. The van der Waals surface area contributed by atoms with Crippen LogP contribution in [0.4, 0.5) is 5.95 Å². The van der Waals surface area contributed by atoms with Crippen LogP contribution in [0.2, 0.25) is 0 Å². The Balaban J connectivity index is 2.11. The number of imidazole rings is 1. The van der Waals surface area contributed by atoms with Gasteiger partial charge in [-0.15, -0.1) is 0 Å². The predicted molar refractivity (Wildman–Crippen MR) is 88.1 cm³/mol. The molecule has 0 unspecified atom stereocenters. The third kappa shape index (κ3) is 2.68. The number of aryl methyl sites for hydroxylation is 1. The molecule has 0 bridgehead atoms. The lowest BCUT2D eigenvalue weighted by molar-refractivity contribution is 0.954. The fourth-order valence-electron chi connectivity index (χ4n) is 2.33. The molecular formula is C18H19N3. The van der Waals surface area contributed by atoms with Crippen molar-refractivity contribution in [3.8, 4) is 16.9 Å². The van der Waals surface area contributed by atoms with Crippen molar-refractivity contribution in [2.75, 3.05) is 19.0 Å². The first kappa shape index (κ1) is 13.4. The number of benzene rings is 2. The van der Waals surface area contributed by atoms with Crippen LogP contribution in [0.5, 0.6) is 0 Å². The minimum atomic E-state index is 0.928. The van der Waals surface area contributed by atoms with Crippen molar-refractivity contribution in [1.29, 1.82) is 0 Å². The molecule has 2 aromatic carbocycles. The first-order chi connectivity index (χ1) is 10.1. The third-order valence-corrected chi connectivity index (χ3v) is 3.47. The molecular weight excluding hydrogens is 258 g/mol. The van der Waals surface area contributed by atoms with E-state index in [4.69, 9.17) is 4.98 Å². The van der Waals surface area contributed by atoms with E-state index in [0.717, 1.165) is 22.9 Å². The van der Waals surface area contributed by atoms with Gasteiger partial charge in [0.2, 0.25) is 5.95 Å². The van der Waals surface area contributed by atoms with Gasteiger partial charge in [0.1, 0.15) is 0 Å². The zero-order valence-corrected chi connectivity index (χ0v) is 12.6. The average Bonchev–Trinajstić information content (AvgIpc) is 2.94. The van der Waals surface area contributed by atoms with Crippen LogP contribution in [0.15, 0.2) is 60.8 Å². The van der Waals surface area contributed by atoms with Gasteiger partial charge in [-0.05, 0) is 19.1 Å². The van der Waals surface area contributed by atoms with Gasteiger partial charge in [0.25, 0.3) is 0 Å². The summed E-state index contributed by atoms with van der Waals surface area (Å²) in [6, 6.07) is 18.8. The lowest BCUT2D eigenvalue weighted by Gasteiger charge is -2.14. The predicted octanol–water partition coefficient (Wildman–Crippen LogP) is 3.91. The van der Waals surface area contributed by atoms with E-state index >= 15 is 0 Å². The van der Waals surface area contributed by atoms with Gasteiger partial charge >= 0.3 is 0 Å². The van der Waals surface area contributed by atoms with Crippen LogP contribution < -0.4 is 4.90 Å². The molecule has 0 aliphatic rings. The number of hydrogen-bond donors (Lipinski definition) is 0. The van der Waals surface area contributed by atoms with Gasteiger partial charge in [0.15, 0.2) is 0 Å². The molecule has 3 heteroatoms. The molecule has 0 amide bonds. The molecule has 0 fully saturated rings.